The second-order valence-corrected chi connectivity index (χ2v) is 4.52. The highest BCUT2D eigenvalue weighted by Crippen LogP contribution is 2.45. The van der Waals surface area contributed by atoms with Crippen LogP contribution in [-0.2, 0) is 5.60 Å². The summed E-state index contributed by atoms with van der Waals surface area (Å²) in [4.78, 5) is 0. The quantitative estimate of drug-likeness (QED) is 0.802. The summed E-state index contributed by atoms with van der Waals surface area (Å²) in [5.41, 5.74) is -0.365. The Labute approximate surface area is 87.5 Å². The predicted octanol–water partition coefficient (Wildman–Crippen LogP) is 3.10. The molecule has 0 aromatic heterocycles. The number of rotatable bonds is 2. The van der Waals surface area contributed by atoms with Gasteiger partial charge >= 0.3 is 0 Å². The van der Waals surface area contributed by atoms with Crippen molar-refractivity contribution < 1.29 is 9.50 Å². The molecule has 0 unspecified atom stereocenters. The number of halogens is 2. The molecule has 2 rings (SSSR count). The molecular weight excluding hydrogens is 203 g/mol. The lowest BCUT2D eigenvalue weighted by atomic mass is 9.91. The predicted molar refractivity (Wildman–Crippen MR) is 53.7 cm³/mol. The van der Waals surface area contributed by atoms with Crippen LogP contribution in [0.4, 0.5) is 4.39 Å². The van der Waals surface area contributed by atoms with Crippen molar-refractivity contribution in [2.24, 2.45) is 5.92 Å². The van der Waals surface area contributed by atoms with Crippen LogP contribution >= 0.6 is 11.6 Å². The smallest absolute Gasteiger partial charge is 0.125 e. The molecule has 0 bridgehead atoms. The van der Waals surface area contributed by atoms with Gasteiger partial charge in [0, 0.05) is 5.02 Å². The first-order chi connectivity index (χ1) is 6.50. The van der Waals surface area contributed by atoms with Crippen molar-refractivity contribution in [2.45, 2.75) is 25.4 Å². The first-order valence-corrected chi connectivity index (χ1v) is 5.07. The summed E-state index contributed by atoms with van der Waals surface area (Å²) in [6.07, 6.45) is 2.00. The normalized spacial score (nSPS) is 20.6. The molecule has 1 aromatic rings. The molecular formula is C11H12ClFO. The van der Waals surface area contributed by atoms with Crippen LogP contribution in [0.1, 0.15) is 25.3 Å². The fourth-order valence-electron chi connectivity index (χ4n) is 1.73. The van der Waals surface area contributed by atoms with Crippen LogP contribution in [0.15, 0.2) is 18.2 Å². The number of benzene rings is 1. The van der Waals surface area contributed by atoms with Crippen molar-refractivity contribution in [3.05, 3.63) is 34.6 Å². The van der Waals surface area contributed by atoms with E-state index >= 15 is 0 Å². The van der Waals surface area contributed by atoms with Gasteiger partial charge in [-0.05, 0) is 49.4 Å². The molecule has 0 spiro atoms. The minimum atomic E-state index is -0.939. The van der Waals surface area contributed by atoms with E-state index in [1.54, 1.807) is 13.0 Å². The average Bonchev–Trinajstić information content (AvgIpc) is 2.83. The van der Waals surface area contributed by atoms with Gasteiger partial charge in [-0.15, -0.1) is 0 Å². The maximum absolute atomic E-state index is 13.0. The number of aliphatic hydroxyl groups is 1. The van der Waals surface area contributed by atoms with E-state index in [1.165, 1.54) is 12.1 Å². The Morgan fingerprint density at radius 2 is 2.07 bits per heavy atom. The summed E-state index contributed by atoms with van der Waals surface area (Å²) in [5.74, 6) is -0.145. The zero-order valence-corrected chi connectivity index (χ0v) is 8.68. The maximum Gasteiger partial charge on any atom is 0.125 e. The van der Waals surface area contributed by atoms with Gasteiger partial charge in [0.2, 0.25) is 0 Å². The molecule has 1 saturated carbocycles. The van der Waals surface area contributed by atoms with Gasteiger partial charge in [-0.1, -0.05) is 11.6 Å². The average molecular weight is 215 g/mol. The number of hydrogen-bond acceptors (Lipinski definition) is 1. The highest BCUT2D eigenvalue weighted by Gasteiger charge is 2.41. The van der Waals surface area contributed by atoms with Crippen LogP contribution in [0, 0.1) is 11.7 Å². The Morgan fingerprint density at radius 3 is 2.57 bits per heavy atom. The SMILES string of the molecule is C[C@](O)(c1cc(F)cc(Cl)c1)C1CC1. The van der Waals surface area contributed by atoms with Crippen molar-refractivity contribution in [3.8, 4) is 0 Å². The lowest BCUT2D eigenvalue weighted by molar-refractivity contribution is 0.0328. The van der Waals surface area contributed by atoms with E-state index < -0.39 is 11.4 Å². The summed E-state index contributed by atoms with van der Waals surface area (Å²) in [6, 6.07) is 4.22. The number of hydrogen-bond donors (Lipinski definition) is 1. The lowest BCUT2D eigenvalue weighted by Gasteiger charge is -2.23. The van der Waals surface area contributed by atoms with Crippen LogP contribution in [0.2, 0.25) is 5.02 Å². The highest BCUT2D eigenvalue weighted by molar-refractivity contribution is 6.30. The van der Waals surface area contributed by atoms with Gasteiger partial charge < -0.3 is 5.11 Å². The second kappa shape index (κ2) is 3.21. The summed E-state index contributed by atoms with van der Waals surface area (Å²) in [6.45, 7) is 1.72. The summed E-state index contributed by atoms with van der Waals surface area (Å²) in [5, 5.41) is 10.5. The Balaban J connectivity index is 2.39. The molecule has 0 radical (unpaired) electrons. The van der Waals surface area contributed by atoms with Gasteiger partial charge in [0.25, 0.3) is 0 Å². The molecule has 0 saturated heterocycles. The minimum Gasteiger partial charge on any atom is -0.385 e. The molecule has 0 amide bonds. The van der Waals surface area contributed by atoms with E-state index in [0.29, 0.717) is 10.6 Å². The maximum atomic E-state index is 13.0. The van der Waals surface area contributed by atoms with Crippen LogP contribution in [0.3, 0.4) is 0 Å². The third-order valence-electron chi connectivity index (χ3n) is 2.82. The minimum absolute atomic E-state index is 0.250. The zero-order chi connectivity index (χ0) is 10.3. The molecule has 1 aliphatic rings. The Kier molecular flexibility index (Phi) is 2.28. The molecule has 0 aliphatic heterocycles. The fraction of sp³-hybridized carbons (Fsp3) is 0.455. The van der Waals surface area contributed by atoms with E-state index in [4.69, 9.17) is 11.6 Å². The van der Waals surface area contributed by atoms with Gasteiger partial charge in [-0.25, -0.2) is 4.39 Å². The van der Waals surface area contributed by atoms with Crippen molar-refractivity contribution in [3.63, 3.8) is 0 Å². The zero-order valence-electron chi connectivity index (χ0n) is 7.93. The molecule has 76 valence electrons. The second-order valence-electron chi connectivity index (χ2n) is 4.08. The summed E-state index contributed by atoms with van der Waals surface area (Å²) < 4.78 is 13.0. The van der Waals surface area contributed by atoms with Crippen LogP contribution in [-0.4, -0.2) is 5.11 Å². The third-order valence-corrected chi connectivity index (χ3v) is 3.04. The Hall–Kier alpha value is -0.600. The first-order valence-electron chi connectivity index (χ1n) is 4.69. The topological polar surface area (TPSA) is 20.2 Å². The van der Waals surface area contributed by atoms with E-state index in [-0.39, 0.29) is 5.92 Å². The van der Waals surface area contributed by atoms with Gasteiger partial charge in [0.15, 0.2) is 0 Å². The van der Waals surface area contributed by atoms with Gasteiger partial charge in [0.05, 0.1) is 5.60 Å². The van der Waals surface area contributed by atoms with E-state index in [9.17, 15) is 9.50 Å². The molecule has 1 aromatic carbocycles. The molecule has 1 N–H and O–H groups in total. The van der Waals surface area contributed by atoms with Crippen molar-refractivity contribution >= 4 is 11.6 Å². The fourth-order valence-corrected chi connectivity index (χ4v) is 1.95. The van der Waals surface area contributed by atoms with Crippen molar-refractivity contribution in [1.29, 1.82) is 0 Å². The van der Waals surface area contributed by atoms with Gasteiger partial charge in [-0.2, -0.15) is 0 Å². The van der Waals surface area contributed by atoms with Crippen LogP contribution in [0.5, 0.6) is 0 Å². The molecule has 1 fully saturated rings. The van der Waals surface area contributed by atoms with Gasteiger partial charge in [-0.3, -0.25) is 0 Å². The molecule has 1 aliphatic carbocycles. The molecule has 1 atom stereocenters. The summed E-state index contributed by atoms with van der Waals surface area (Å²) >= 11 is 5.73. The largest absolute Gasteiger partial charge is 0.385 e. The van der Waals surface area contributed by atoms with Crippen LogP contribution < -0.4 is 0 Å². The van der Waals surface area contributed by atoms with E-state index in [0.717, 1.165) is 12.8 Å². The Bertz CT molecular complexity index is 338. The molecule has 14 heavy (non-hydrogen) atoms. The lowest BCUT2D eigenvalue weighted by Crippen LogP contribution is -2.23. The summed E-state index contributed by atoms with van der Waals surface area (Å²) in [7, 11) is 0. The van der Waals surface area contributed by atoms with Crippen LogP contribution in [0.25, 0.3) is 0 Å². The van der Waals surface area contributed by atoms with Crippen molar-refractivity contribution in [2.75, 3.05) is 0 Å². The Morgan fingerprint density at radius 1 is 1.43 bits per heavy atom. The first kappa shape index (κ1) is 9.94. The van der Waals surface area contributed by atoms with E-state index in [2.05, 4.69) is 0 Å². The highest BCUT2D eigenvalue weighted by atomic mass is 35.5. The van der Waals surface area contributed by atoms with E-state index in [1.807, 2.05) is 0 Å². The third kappa shape index (κ3) is 1.77. The van der Waals surface area contributed by atoms with Crippen molar-refractivity contribution in [1.82, 2.24) is 0 Å². The standard InChI is InChI=1S/C11H12ClFO/c1-11(14,7-2-3-7)8-4-9(12)6-10(13)5-8/h4-7,14H,2-3H2,1H3/t11-/m1/s1. The molecule has 3 heteroatoms. The monoisotopic (exact) mass is 214 g/mol. The molecule has 0 heterocycles. The van der Waals surface area contributed by atoms with Gasteiger partial charge in [0.1, 0.15) is 5.82 Å². The molecule has 1 nitrogen and oxygen atoms in total.